The van der Waals surface area contributed by atoms with Crippen LogP contribution in [-0.4, -0.2) is 42.8 Å². The summed E-state index contributed by atoms with van der Waals surface area (Å²) in [6.45, 7) is 2.45. The second-order valence-electron chi connectivity index (χ2n) is 7.60. The first-order valence-corrected chi connectivity index (χ1v) is 11.0. The van der Waals surface area contributed by atoms with Gasteiger partial charge in [0.25, 0.3) is 0 Å². The second-order valence-corrected chi connectivity index (χ2v) is 9.53. The average molecular weight is 389 g/mol. The highest BCUT2D eigenvalue weighted by Gasteiger charge is 2.46. The summed E-state index contributed by atoms with van der Waals surface area (Å²) in [7, 11) is -3.50. The van der Waals surface area contributed by atoms with Gasteiger partial charge in [0.15, 0.2) is 0 Å². The van der Waals surface area contributed by atoms with E-state index in [0.717, 1.165) is 32.2 Å². The molecule has 2 fully saturated rings. The van der Waals surface area contributed by atoms with E-state index in [2.05, 4.69) is 4.90 Å². The molecule has 2 aliphatic heterocycles. The third-order valence-corrected chi connectivity index (χ3v) is 7.82. The van der Waals surface area contributed by atoms with Crippen molar-refractivity contribution >= 4 is 10.0 Å². The van der Waals surface area contributed by atoms with Crippen molar-refractivity contribution in [2.45, 2.75) is 42.7 Å². The van der Waals surface area contributed by atoms with E-state index >= 15 is 0 Å². The third-order valence-electron chi connectivity index (χ3n) is 5.96. The van der Waals surface area contributed by atoms with Crippen LogP contribution >= 0.6 is 0 Å². The van der Waals surface area contributed by atoms with E-state index in [1.807, 2.05) is 18.2 Å². The number of nitrogens with zero attached hydrogens (tertiary/aromatic N) is 2. The van der Waals surface area contributed by atoms with Gasteiger partial charge in [-0.1, -0.05) is 36.4 Å². The molecular weight excluding hydrogens is 363 g/mol. The zero-order chi connectivity index (χ0) is 18.9. The van der Waals surface area contributed by atoms with Crippen molar-refractivity contribution in [3.05, 3.63) is 66.0 Å². The Balaban J connectivity index is 1.58. The molecule has 2 aromatic carbocycles. The molecule has 0 radical (unpaired) electrons. The first-order valence-electron chi connectivity index (χ1n) is 9.55. The Hall–Kier alpha value is -1.76. The fourth-order valence-corrected chi connectivity index (χ4v) is 6.13. The van der Waals surface area contributed by atoms with Crippen LogP contribution in [0.3, 0.4) is 0 Å². The van der Waals surface area contributed by atoms with Gasteiger partial charge >= 0.3 is 0 Å². The molecule has 2 heterocycles. The van der Waals surface area contributed by atoms with Crippen LogP contribution in [0.15, 0.2) is 59.5 Å². The maximum Gasteiger partial charge on any atom is 0.243 e. The first kappa shape index (κ1) is 18.6. The lowest BCUT2D eigenvalue weighted by atomic mass is 9.87. The van der Waals surface area contributed by atoms with Crippen LogP contribution < -0.4 is 0 Å². The van der Waals surface area contributed by atoms with Crippen molar-refractivity contribution in [1.82, 2.24) is 9.21 Å². The van der Waals surface area contributed by atoms with Crippen molar-refractivity contribution in [2.24, 2.45) is 0 Å². The van der Waals surface area contributed by atoms with Gasteiger partial charge in [-0.25, -0.2) is 12.8 Å². The lowest BCUT2D eigenvalue weighted by Crippen LogP contribution is -2.56. The fourth-order valence-electron chi connectivity index (χ4n) is 4.55. The predicted molar refractivity (Wildman–Crippen MR) is 103 cm³/mol. The summed E-state index contributed by atoms with van der Waals surface area (Å²) in [4.78, 5) is 2.65. The van der Waals surface area contributed by atoms with Gasteiger partial charge in [-0.3, -0.25) is 4.90 Å². The Labute approximate surface area is 160 Å². The van der Waals surface area contributed by atoms with Crippen molar-refractivity contribution in [2.75, 3.05) is 19.6 Å². The number of hydrogen-bond acceptors (Lipinski definition) is 3. The van der Waals surface area contributed by atoms with E-state index in [0.29, 0.717) is 30.1 Å². The molecule has 6 heteroatoms. The minimum atomic E-state index is -3.50. The second kappa shape index (κ2) is 7.34. The van der Waals surface area contributed by atoms with Gasteiger partial charge in [0, 0.05) is 30.7 Å². The molecule has 1 unspecified atom stereocenters. The number of rotatable bonds is 4. The number of sulfonamides is 1. The number of piperidine rings is 1. The smallest absolute Gasteiger partial charge is 0.243 e. The van der Waals surface area contributed by atoms with Crippen molar-refractivity contribution in [1.29, 1.82) is 0 Å². The molecule has 0 aromatic heterocycles. The van der Waals surface area contributed by atoms with Crippen LogP contribution in [0, 0.1) is 5.82 Å². The third kappa shape index (κ3) is 3.53. The number of hydrogen-bond donors (Lipinski definition) is 0. The monoisotopic (exact) mass is 388 g/mol. The summed E-state index contributed by atoms with van der Waals surface area (Å²) in [6.07, 6.45) is 3.78. The van der Waals surface area contributed by atoms with Gasteiger partial charge in [-0.2, -0.15) is 4.31 Å². The predicted octanol–water partition coefficient (Wildman–Crippen LogP) is 3.65. The van der Waals surface area contributed by atoms with Crippen LogP contribution in [-0.2, 0) is 16.6 Å². The molecule has 4 nitrogen and oxygen atoms in total. The molecule has 0 amide bonds. The van der Waals surface area contributed by atoms with Gasteiger partial charge in [0.2, 0.25) is 10.0 Å². The zero-order valence-corrected chi connectivity index (χ0v) is 16.2. The highest BCUT2D eigenvalue weighted by molar-refractivity contribution is 7.89. The van der Waals surface area contributed by atoms with Crippen LogP contribution in [0.4, 0.5) is 4.39 Å². The molecular formula is C21H25FN2O2S. The summed E-state index contributed by atoms with van der Waals surface area (Å²) < 4.78 is 42.0. The maximum absolute atomic E-state index is 14.2. The number of benzene rings is 2. The van der Waals surface area contributed by atoms with Crippen LogP contribution in [0.1, 0.15) is 31.2 Å². The molecule has 2 aromatic rings. The molecule has 0 N–H and O–H groups in total. The largest absolute Gasteiger partial charge is 0.292 e. The van der Waals surface area contributed by atoms with Gasteiger partial charge in [-0.15, -0.1) is 0 Å². The minimum absolute atomic E-state index is 0.191. The van der Waals surface area contributed by atoms with Crippen LogP contribution in [0.5, 0.6) is 0 Å². The molecule has 2 saturated heterocycles. The first-order chi connectivity index (χ1) is 13.0. The summed E-state index contributed by atoms with van der Waals surface area (Å²) in [5.74, 6) is -0.191. The quantitative estimate of drug-likeness (QED) is 0.803. The molecule has 27 heavy (non-hydrogen) atoms. The van der Waals surface area contributed by atoms with Gasteiger partial charge in [0.1, 0.15) is 5.82 Å². The molecule has 0 bridgehead atoms. The normalized spacial score (nSPS) is 24.5. The number of halogens is 1. The molecule has 0 saturated carbocycles. The highest BCUT2D eigenvalue weighted by atomic mass is 32.2. The molecule has 2 aliphatic rings. The van der Waals surface area contributed by atoms with Crippen molar-refractivity contribution < 1.29 is 12.8 Å². The molecule has 4 rings (SSSR count). The standard InChI is InChI=1S/C21H25FN2O2S/c22-20-11-5-4-8-18(20)16-23-14-6-12-21(23)13-7-15-24(17-21)27(25,26)19-9-2-1-3-10-19/h1-5,8-11H,6-7,12-17H2. The fraction of sp³-hybridized carbons (Fsp3) is 0.429. The summed E-state index contributed by atoms with van der Waals surface area (Å²) >= 11 is 0. The topological polar surface area (TPSA) is 40.6 Å². The van der Waals surface area contributed by atoms with Crippen LogP contribution in [0.2, 0.25) is 0 Å². The summed E-state index contributed by atoms with van der Waals surface area (Å²) in [6, 6.07) is 15.5. The Kier molecular flexibility index (Phi) is 5.05. The van der Waals surface area contributed by atoms with E-state index < -0.39 is 10.0 Å². The summed E-state index contributed by atoms with van der Waals surface area (Å²) in [5, 5.41) is 0. The Morgan fingerprint density at radius 1 is 0.926 bits per heavy atom. The van der Waals surface area contributed by atoms with Crippen molar-refractivity contribution in [3.63, 3.8) is 0 Å². The minimum Gasteiger partial charge on any atom is -0.292 e. The van der Waals surface area contributed by atoms with E-state index in [1.165, 1.54) is 6.07 Å². The maximum atomic E-state index is 14.2. The van der Waals surface area contributed by atoms with Gasteiger partial charge < -0.3 is 0 Å². The van der Waals surface area contributed by atoms with E-state index in [4.69, 9.17) is 0 Å². The molecule has 1 atom stereocenters. The average Bonchev–Trinajstić information content (AvgIpc) is 3.05. The zero-order valence-electron chi connectivity index (χ0n) is 15.4. The lowest BCUT2D eigenvalue weighted by Gasteiger charge is -2.45. The molecule has 144 valence electrons. The van der Waals surface area contributed by atoms with Crippen LogP contribution in [0.25, 0.3) is 0 Å². The number of likely N-dealkylation sites (tertiary alicyclic amines) is 1. The highest BCUT2D eigenvalue weighted by Crippen LogP contribution is 2.39. The van der Waals surface area contributed by atoms with E-state index in [9.17, 15) is 12.8 Å². The Bertz CT molecular complexity index is 903. The Morgan fingerprint density at radius 2 is 1.59 bits per heavy atom. The molecule has 0 aliphatic carbocycles. The molecule has 1 spiro atoms. The van der Waals surface area contributed by atoms with Gasteiger partial charge in [0.05, 0.1) is 4.90 Å². The van der Waals surface area contributed by atoms with E-state index in [-0.39, 0.29) is 11.4 Å². The van der Waals surface area contributed by atoms with E-state index in [1.54, 1.807) is 34.6 Å². The summed E-state index contributed by atoms with van der Waals surface area (Å²) in [5.41, 5.74) is 0.490. The van der Waals surface area contributed by atoms with Gasteiger partial charge in [-0.05, 0) is 50.4 Å². The SMILES string of the molecule is O=S(=O)(c1ccccc1)N1CCCC2(CCCN2Cc2ccccc2F)C1. The lowest BCUT2D eigenvalue weighted by molar-refractivity contribution is 0.0670. The Morgan fingerprint density at radius 3 is 2.33 bits per heavy atom. The van der Waals surface area contributed by atoms with Crippen molar-refractivity contribution in [3.8, 4) is 0 Å².